The monoisotopic (exact) mass is 308 g/mol. The number of hydrogen-bond donors (Lipinski definition) is 2. The first-order chi connectivity index (χ1) is 10.1. The maximum absolute atomic E-state index is 12.4. The number of aliphatic carboxylic acids is 1. The Morgan fingerprint density at radius 3 is 2.23 bits per heavy atom. The molecule has 7 nitrogen and oxygen atoms in total. The van der Waals surface area contributed by atoms with Crippen LogP contribution in [0.4, 0.5) is 5.69 Å². The molecule has 1 aromatic carbocycles. The number of nitro benzene ring substituents is 1. The first-order valence-corrected chi connectivity index (χ1v) is 6.86. The molecule has 120 valence electrons. The third kappa shape index (κ3) is 3.41. The summed E-state index contributed by atoms with van der Waals surface area (Å²) >= 11 is 0. The van der Waals surface area contributed by atoms with Crippen LogP contribution in [0.15, 0.2) is 6.07 Å². The Balaban J connectivity index is 3.22. The highest BCUT2D eigenvalue weighted by Gasteiger charge is 2.26. The lowest BCUT2D eigenvalue weighted by Crippen LogP contribution is -2.40. The predicted molar refractivity (Wildman–Crippen MR) is 81.0 cm³/mol. The van der Waals surface area contributed by atoms with E-state index < -0.39 is 28.8 Å². The molecule has 1 amide bonds. The van der Waals surface area contributed by atoms with E-state index in [0.717, 1.165) is 0 Å². The van der Waals surface area contributed by atoms with Crippen molar-refractivity contribution in [1.82, 2.24) is 5.32 Å². The van der Waals surface area contributed by atoms with E-state index in [9.17, 15) is 19.7 Å². The highest BCUT2D eigenvalue weighted by Crippen LogP contribution is 2.28. The molecule has 0 aliphatic carbocycles. The van der Waals surface area contributed by atoms with Crippen molar-refractivity contribution in [1.29, 1.82) is 0 Å². The van der Waals surface area contributed by atoms with Crippen molar-refractivity contribution < 1.29 is 19.6 Å². The third-order valence-electron chi connectivity index (χ3n) is 3.84. The second kappa shape index (κ2) is 6.55. The summed E-state index contributed by atoms with van der Waals surface area (Å²) < 4.78 is 0. The average molecular weight is 308 g/mol. The SMILES string of the molecule is Cc1cc(C)c([N+](=O)[O-])c(C)c1C(=O)NC(C)C(C)C(=O)O. The number of carbonyl (C=O) groups excluding carboxylic acids is 1. The molecule has 0 aliphatic rings. The summed E-state index contributed by atoms with van der Waals surface area (Å²) in [7, 11) is 0. The van der Waals surface area contributed by atoms with Crippen LogP contribution in [0.3, 0.4) is 0 Å². The number of rotatable bonds is 5. The van der Waals surface area contributed by atoms with Crippen LogP contribution >= 0.6 is 0 Å². The van der Waals surface area contributed by atoms with Gasteiger partial charge in [-0.1, -0.05) is 0 Å². The highest BCUT2D eigenvalue weighted by molar-refractivity contribution is 5.98. The molecule has 0 spiro atoms. The van der Waals surface area contributed by atoms with Gasteiger partial charge in [0, 0.05) is 17.2 Å². The minimum absolute atomic E-state index is 0.0883. The average Bonchev–Trinajstić information content (AvgIpc) is 2.35. The number of amides is 1. The molecule has 0 heterocycles. The van der Waals surface area contributed by atoms with Crippen LogP contribution in [0.5, 0.6) is 0 Å². The Kier molecular flexibility index (Phi) is 5.24. The molecule has 2 unspecified atom stereocenters. The van der Waals surface area contributed by atoms with Gasteiger partial charge in [-0.2, -0.15) is 0 Å². The molecule has 0 saturated heterocycles. The number of aryl methyl sites for hydroxylation is 2. The predicted octanol–water partition coefficient (Wildman–Crippen LogP) is 2.36. The van der Waals surface area contributed by atoms with Crippen LogP contribution in [0.2, 0.25) is 0 Å². The zero-order valence-electron chi connectivity index (χ0n) is 13.3. The molecule has 0 bridgehead atoms. The quantitative estimate of drug-likeness (QED) is 0.641. The highest BCUT2D eigenvalue weighted by atomic mass is 16.6. The lowest BCUT2D eigenvalue weighted by atomic mass is 9.96. The Morgan fingerprint density at radius 1 is 1.23 bits per heavy atom. The molecule has 2 atom stereocenters. The zero-order chi connectivity index (χ0) is 17.2. The molecule has 2 N–H and O–H groups in total. The number of carboxylic acid groups (broad SMARTS) is 1. The molecule has 7 heteroatoms. The van der Waals surface area contributed by atoms with Gasteiger partial charge in [-0.25, -0.2) is 0 Å². The van der Waals surface area contributed by atoms with E-state index in [-0.39, 0.29) is 16.8 Å². The number of benzene rings is 1. The van der Waals surface area contributed by atoms with Crippen molar-refractivity contribution in [2.24, 2.45) is 5.92 Å². The van der Waals surface area contributed by atoms with Crippen LogP contribution in [-0.2, 0) is 4.79 Å². The molecule has 0 radical (unpaired) electrons. The van der Waals surface area contributed by atoms with E-state index in [4.69, 9.17) is 5.11 Å². The van der Waals surface area contributed by atoms with Gasteiger partial charge in [-0.3, -0.25) is 19.7 Å². The molecule has 1 rings (SSSR count). The number of nitrogens with one attached hydrogen (secondary N) is 1. The van der Waals surface area contributed by atoms with Crippen LogP contribution < -0.4 is 5.32 Å². The van der Waals surface area contributed by atoms with Crippen molar-refractivity contribution in [3.05, 3.63) is 38.4 Å². The van der Waals surface area contributed by atoms with Crippen LogP contribution in [0.25, 0.3) is 0 Å². The van der Waals surface area contributed by atoms with Crippen molar-refractivity contribution in [2.45, 2.75) is 40.7 Å². The van der Waals surface area contributed by atoms with E-state index in [2.05, 4.69) is 5.32 Å². The Hall–Kier alpha value is -2.44. The fourth-order valence-corrected chi connectivity index (χ4v) is 2.42. The first-order valence-electron chi connectivity index (χ1n) is 6.86. The third-order valence-corrected chi connectivity index (χ3v) is 3.84. The van der Waals surface area contributed by atoms with Crippen molar-refractivity contribution >= 4 is 17.6 Å². The Morgan fingerprint density at radius 2 is 1.77 bits per heavy atom. The molecule has 0 aromatic heterocycles. The van der Waals surface area contributed by atoms with Gasteiger partial charge in [-0.15, -0.1) is 0 Å². The lowest BCUT2D eigenvalue weighted by molar-refractivity contribution is -0.386. The van der Waals surface area contributed by atoms with Crippen molar-refractivity contribution in [3.63, 3.8) is 0 Å². The van der Waals surface area contributed by atoms with Crippen LogP contribution in [-0.4, -0.2) is 27.9 Å². The number of hydrogen-bond acceptors (Lipinski definition) is 4. The molecular formula is C15H20N2O5. The molecule has 0 fully saturated rings. The molecule has 22 heavy (non-hydrogen) atoms. The number of nitrogens with zero attached hydrogens (tertiary/aromatic N) is 1. The molecular weight excluding hydrogens is 288 g/mol. The van der Waals surface area contributed by atoms with Gasteiger partial charge in [0.25, 0.3) is 11.6 Å². The fraction of sp³-hybridized carbons (Fsp3) is 0.467. The second-order valence-electron chi connectivity index (χ2n) is 5.51. The topological polar surface area (TPSA) is 110 Å². The van der Waals surface area contributed by atoms with Gasteiger partial charge in [0.2, 0.25) is 0 Å². The maximum atomic E-state index is 12.4. The summed E-state index contributed by atoms with van der Waals surface area (Å²) in [6.45, 7) is 7.92. The molecule has 0 aliphatic heterocycles. The van der Waals surface area contributed by atoms with E-state index in [1.54, 1.807) is 26.8 Å². The summed E-state index contributed by atoms with van der Waals surface area (Å²) in [4.78, 5) is 34.0. The van der Waals surface area contributed by atoms with Crippen molar-refractivity contribution in [2.75, 3.05) is 0 Å². The number of carbonyl (C=O) groups is 2. The Labute approximate surface area is 128 Å². The second-order valence-corrected chi connectivity index (χ2v) is 5.51. The summed E-state index contributed by atoms with van der Waals surface area (Å²) in [6.07, 6.45) is 0. The van der Waals surface area contributed by atoms with Gasteiger partial charge in [0.15, 0.2) is 0 Å². The first kappa shape index (κ1) is 17.6. The number of nitro groups is 1. The summed E-state index contributed by atoms with van der Waals surface area (Å²) in [6, 6.07) is 0.995. The largest absolute Gasteiger partial charge is 0.481 e. The lowest BCUT2D eigenvalue weighted by Gasteiger charge is -2.19. The van der Waals surface area contributed by atoms with Crippen LogP contribution in [0, 0.1) is 36.8 Å². The van der Waals surface area contributed by atoms with E-state index in [1.165, 1.54) is 13.8 Å². The summed E-state index contributed by atoms with van der Waals surface area (Å²) in [5.74, 6) is -2.28. The Bertz CT molecular complexity index is 639. The molecule has 0 saturated carbocycles. The van der Waals surface area contributed by atoms with Gasteiger partial charge in [0.1, 0.15) is 0 Å². The van der Waals surface area contributed by atoms with E-state index in [0.29, 0.717) is 11.1 Å². The minimum Gasteiger partial charge on any atom is -0.481 e. The minimum atomic E-state index is -1.02. The fourth-order valence-electron chi connectivity index (χ4n) is 2.42. The number of carboxylic acids is 1. The zero-order valence-corrected chi connectivity index (χ0v) is 13.3. The maximum Gasteiger partial charge on any atom is 0.308 e. The standard InChI is InChI=1S/C15H20N2O5/c1-7-6-8(2)13(17(21)22)10(4)12(7)14(18)16-11(5)9(3)15(19)20/h6,9,11H,1-5H3,(H,16,18)(H,19,20). The van der Waals surface area contributed by atoms with Gasteiger partial charge in [0.05, 0.1) is 16.4 Å². The van der Waals surface area contributed by atoms with Gasteiger partial charge < -0.3 is 10.4 Å². The van der Waals surface area contributed by atoms with E-state index >= 15 is 0 Å². The van der Waals surface area contributed by atoms with Gasteiger partial charge >= 0.3 is 5.97 Å². The van der Waals surface area contributed by atoms with E-state index in [1.807, 2.05) is 0 Å². The van der Waals surface area contributed by atoms with Crippen LogP contribution in [0.1, 0.15) is 40.9 Å². The van der Waals surface area contributed by atoms with Crippen molar-refractivity contribution in [3.8, 4) is 0 Å². The summed E-state index contributed by atoms with van der Waals surface area (Å²) in [5.41, 5.74) is 1.53. The normalized spacial score (nSPS) is 13.3. The van der Waals surface area contributed by atoms with Gasteiger partial charge in [-0.05, 0) is 46.2 Å². The molecule has 1 aromatic rings. The summed E-state index contributed by atoms with van der Waals surface area (Å²) in [5, 5.41) is 22.7. The smallest absolute Gasteiger partial charge is 0.308 e.